The maximum atomic E-state index is 5.98. The van der Waals surface area contributed by atoms with Gasteiger partial charge < -0.3 is 15.0 Å². The molecule has 0 aliphatic heterocycles. The number of aromatic nitrogens is 2. The molecule has 3 rings (SSSR count). The Kier molecular flexibility index (Phi) is 3.62. The average molecular weight is 280 g/mol. The second-order valence-electron chi connectivity index (χ2n) is 5.05. The van der Waals surface area contributed by atoms with Crippen molar-refractivity contribution in [2.24, 2.45) is 5.73 Å². The predicted octanol–water partition coefficient (Wildman–Crippen LogP) is 3.26. The minimum Gasteiger partial charge on any atom is -0.325 e. The first kappa shape index (κ1) is 13.6. The molecule has 0 atom stereocenters. The molecule has 0 amide bonds. The molecule has 2 heterocycles. The van der Waals surface area contributed by atoms with Gasteiger partial charge in [0.2, 0.25) is 0 Å². The van der Waals surface area contributed by atoms with E-state index in [0.29, 0.717) is 6.54 Å². The molecule has 0 bridgehead atoms. The van der Waals surface area contributed by atoms with E-state index in [9.17, 15) is 0 Å². The maximum absolute atomic E-state index is 5.98. The highest BCUT2D eigenvalue weighted by Gasteiger charge is 2.18. The molecule has 108 valence electrons. The number of para-hydroxylation sites is 1. The van der Waals surface area contributed by atoms with Crippen molar-refractivity contribution in [3.8, 4) is 0 Å². The molecule has 2 aromatic heterocycles. The average Bonchev–Trinajstić information content (AvgIpc) is 2.88. The highest BCUT2D eigenvalue weighted by atomic mass is 15.2. The zero-order valence-electron chi connectivity index (χ0n) is 12.5. The van der Waals surface area contributed by atoms with Crippen molar-refractivity contribution < 1.29 is 0 Å². The van der Waals surface area contributed by atoms with Crippen molar-refractivity contribution >= 4 is 17.2 Å². The Hall–Kier alpha value is -2.33. The first-order chi connectivity index (χ1) is 10.3. The lowest BCUT2D eigenvalue weighted by Crippen LogP contribution is -2.20. The SMILES string of the molecule is CCN(c1ccccc1C)c1nc2ccccn2c1CN. The number of fused-ring (bicyclic) bond motifs is 1. The van der Waals surface area contributed by atoms with E-state index in [1.807, 2.05) is 24.4 Å². The van der Waals surface area contributed by atoms with Crippen LogP contribution in [0.4, 0.5) is 11.5 Å². The van der Waals surface area contributed by atoms with Gasteiger partial charge in [0.05, 0.1) is 5.69 Å². The lowest BCUT2D eigenvalue weighted by atomic mass is 10.1. The van der Waals surface area contributed by atoms with E-state index < -0.39 is 0 Å². The molecule has 0 fully saturated rings. The summed E-state index contributed by atoms with van der Waals surface area (Å²) in [4.78, 5) is 7.01. The van der Waals surface area contributed by atoms with Gasteiger partial charge in [0, 0.05) is 25.0 Å². The van der Waals surface area contributed by atoms with Crippen LogP contribution in [0.2, 0.25) is 0 Å². The fourth-order valence-electron chi connectivity index (χ4n) is 2.74. The topological polar surface area (TPSA) is 46.6 Å². The Morgan fingerprint density at radius 1 is 1.14 bits per heavy atom. The van der Waals surface area contributed by atoms with Crippen molar-refractivity contribution in [3.05, 3.63) is 59.9 Å². The van der Waals surface area contributed by atoms with Gasteiger partial charge in [-0.2, -0.15) is 0 Å². The van der Waals surface area contributed by atoms with Gasteiger partial charge in [0.25, 0.3) is 0 Å². The molecule has 21 heavy (non-hydrogen) atoms. The lowest BCUT2D eigenvalue weighted by Gasteiger charge is -2.23. The predicted molar refractivity (Wildman–Crippen MR) is 86.9 cm³/mol. The van der Waals surface area contributed by atoms with Crippen molar-refractivity contribution in [1.29, 1.82) is 0 Å². The van der Waals surface area contributed by atoms with E-state index >= 15 is 0 Å². The molecule has 4 heteroatoms. The molecule has 0 spiro atoms. The molecule has 0 unspecified atom stereocenters. The van der Waals surface area contributed by atoms with E-state index in [0.717, 1.165) is 23.7 Å². The number of hydrogen-bond donors (Lipinski definition) is 1. The van der Waals surface area contributed by atoms with Gasteiger partial charge in [-0.3, -0.25) is 0 Å². The van der Waals surface area contributed by atoms with E-state index in [1.54, 1.807) is 0 Å². The minimum absolute atomic E-state index is 0.461. The van der Waals surface area contributed by atoms with Gasteiger partial charge >= 0.3 is 0 Å². The third-order valence-electron chi connectivity index (χ3n) is 3.78. The number of nitrogens with two attached hydrogens (primary N) is 1. The Morgan fingerprint density at radius 3 is 2.62 bits per heavy atom. The summed E-state index contributed by atoms with van der Waals surface area (Å²) in [5.41, 5.74) is 10.4. The highest BCUT2D eigenvalue weighted by molar-refractivity contribution is 5.68. The molecule has 0 radical (unpaired) electrons. The maximum Gasteiger partial charge on any atom is 0.156 e. The third-order valence-corrected chi connectivity index (χ3v) is 3.78. The molecule has 2 N–H and O–H groups in total. The minimum atomic E-state index is 0.461. The number of rotatable bonds is 4. The first-order valence-corrected chi connectivity index (χ1v) is 7.25. The van der Waals surface area contributed by atoms with Gasteiger partial charge in [0.1, 0.15) is 5.65 Å². The van der Waals surface area contributed by atoms with E-state index in [4.69, 9.17) is 10.7 Å². The van der Waals surface area contributed by atoms with Crippen molar-refractivity contribution in [2.75, 3.05) is 11.4 Å². The number of imidazole rings is 1. The molecule has 0 saturated heterocycles. The van der Waals surface area contributed by atoms with Crippen molar-refractivity contribution in [1.82, 2.24) is 9.38 Å². The molecular formula is C17H20N4. The number of benzene rings is 1. The highest BCUT2D eigenvalue weighted by Crippen LogP contribution is 2.30. The third kappa shape index (κ3) is 2.28. The number of hydrogen-bond acceptors (Lipinski definition) is 3. The lowest BCUT2D eigenvalue weighted by molar-refractivity contribution is 0.923. The molecule has 4 nitrogen and oxygen atoms in total. The van der Waals surface area contributed by atoms with Crippen LogP contribution in [0.25, 0.3) is 5.65 Å². The normalized spacial score (nSPS) is 11.0. The van der Waals surface area contributed by atoms with Crippen molar-refractivity contribution in [3.63, 3.8) is 0 Å². The van der Waals surface area contributed by atoms with Crippen LogP contribution < -0.4 is 10.6 Å². The van der Waals surface area contributed by atoms with Gasteiger partial charge in [0.15, 0.2) is 5.82 Å². The molecule has 1 aromatic carbocycles. The zero-order valence-corrected chi connectivity index (χ0v) is 12.5. The molecular weight excluding hydrogens is 260 g/mol. The standard InChI is InChI=1S/C17H20N4/c1-3-20(14-9-5-4-8-13(14)2)17-15(12-18)21-11-7-6-10-16(21)19-17/h4-11H,3,12,18H2,1-2H3. The Labute approximate surface area is 124 Å². The largest absolute Gasteiger partial charge is 0.325 e. The van der Waals surface area contributed by atoms with Crippen molar-refractivity contribution in [2.45, 2.75) is 20.4 Å². The summed E-state index contributed by atoms with van der Waals surface area (Å²) in [5, 5.41) is 0. The van der Waals surface area contributed by atoms with E-state index in [-0.39, 0.29) is 0 Å². The van der Waals surface area contributed by atoms with Crippen LogP contribution in [0.5, 0.6) is 0 Å². The summed E-state index contributed by atoms with van der Waals surface area (Å²) in [5.74, 6) is 0.945. The number of nitrogens with zero attached hydrogens (tertiary/aromatic N) is 3. The van der Waals surface area contributed by atoms with Crippen LogP contribution in [0, 0.1) is 6.92 Å². The van der Waals surface area contributed by atoms with E-state index in [2.05, 4.69) is 47.4 Å². The van der Waals surface area contributed by atoms with Crippen LogP contribution >= 0.6 is 0 Å². The van der Waals surface area contributed by atoms with Crippen LogP contribution in [-0.2, 0) is 6.54 Å². The van der Waals surface area contributed by atoms with Crippen LogP contribution in [0.3, 0.4) is 0 Å². The van der Waals surface area contributed by atoms with Crippen LogP contribution in [-0.4, -0.2) is 15.9 Å². The second kappa shape index (κ2) is 5.58. The van der Waals surface area contributed by atoms with Gasteiger partial charge in [-0.15, -0.1) is 0 Å². The number of anilines is 2. The summed E-state index contributed by atoms with van der Waals surface area (Å²) >= 11 is 0. The number of aryl methyl sites for hydroxylation is 1. The Bertz CT molecular complexity index is 760. The molecule has 0 aliphatic rings. The Balaban J connectivity index is 2.20. The van der Waals surface area contributed by atoms with Crippen LogP contribution in [0.15, 0.2) is 48.7 Å². The molecule has 0 aliphatic carbocycles. The zero-order chi connectivity index (χ0) is 14.8. The first-order valence-electron chi connectivity index (χ1n) is 7.25. The van der Waals surface area contributed by atoms with Crippen LogP contribution in [0.1, 0.15) is 18.2 Å². The van der Waals surface area contributed by atoms with Gasteiger partial charge in [-0.1, -0.05) is 24.3 Å². The number of pyridine rings is 1. The summed E-state index contributed by atoms with van der Waals surface area (Å²) in [6, 6.07) is 14.4. The fraction of sp³-hybridized carbons (Fsp3) is 0.235. The fourth-order valence-corrected chi connectivity index (χ4v) is 2.74. The summed E-state index contributed by atoms with van der Waals surface area (Å²) in [6.07, 6.45) is 2.01. The van der Waals surface area contributed by atoms with Gasteiger partial charge in [-0.25, -0.2) is 4.98 Å². The summed E-state index contributed by atoms with van der Waals surface area (Å²) in [7, 11) is 0. The monoisotopic (exact) mass is 280 g/mol. The Morgan fingerprint density at radius 2 is 1.90 bits per heavy atom. The quantitative estimate of drug-likeness (QED) is 0.798. The second-order valence-corrected chi connectivity index (χ2v) is 5.05. The van der Waals surface area contributed by atoms with E-state index in [1.165, 1.54) is 11.3 Å². The van der Waals surface area contributed by atoms with Gasteiger partial charge in [-0.05, 0) is 37.6 Å². The molecule has 3 aromatic rings. The summed E-state index contributed by atoms with van der Waals surface area (Å²) in [6.45, 7) is 5.57. The smallest absolute Gasteiger partial charge is 0.156 e. The summed E-state index contributed by atoms with van der Waals surface area (Å²) < 4.78 is 2.07. The molecule has 0 saturated carbocycles.